The molecule has 10 nitrogen and oxygen atoms in total. The number of nitrogens with two attached hydrogens (primary N) is 1. The molecule has 4 aromatic rings. The topological polar surface area (TPSA) is 152 Å². The molecular weight excluding hydrogens is 677 g/mol. The van der Waals surface area contributed by atoms with Gasteiger partial charge < -0.3 is 36.3 Å². The Morgan fingerprint density at radius 2 is 1.42 bits per heavy atom. The molecule has 0 bridgehead atoms. The van der Waals surface area contributed by atoms with Crippen molar-refractivity contribution in [2.24, 2.45) is 0 Å². The first-order valence-corrected chi connectivity index (χ1v) is 18.7. The van der Waals surface area contributed by atoms with Gasteiger partial charge in [-0.1, -0.05) is 73.5 Å². The number of carbonyl (C=O) groups is 3. The molecule has 6 N–H and O–H groups in total. The SMILES string of the molecule is CC(=O)Nc1ccc(SC[C@H]2C[C@@H](c3ccc(CO)cc3)O[C@@H](c3ccc(CNC(=O)CCCCCCC(=O)Nc4ccccc4N)cc3)O2)cc1. The summed E-state index contributed by atoms with van der Waals surface area (Å²) in [6.07, 6.45) is 3.95. The molecule has 0 saturated carbocycles. The largest absolute Gasteiger partial charge is 0.397 e. The van der Waals surface area contributed by atoms with Crippen LogP contribution in [0.15, 0.2) is 102 Å². The second-order valence-corrected chi connectivity index (χ2v) is 14.0. The summed E-state index contributed by atoms with van der Waals surface area (Å²) in [5.74, 6) is 0.555. The number of aliphatic hydroxyl groups is 1. The van der Waals surface area contributed by atoms with Crippen molar-refractivity contribution in [1.29, 1.82) is 0 Å². The van der Waals surface area contributed by atoms with Gasteiger partial charge in [0.15, 0.2) is 6.29 Å². The molecule has 3 atom stereocenters. The number of nitrogens with one attached hydrogen (secondary N) is 3. The highest BCUT2D eigenvalue weighted by Gasteiger charge is 2.32. The summed E-state index contributed by atoms with van der Waals surface area (Å²) >= 11 is 1.69. The number of nitrogen functional groups attached to an aromatic ring is 1. The lowest BCUT2D eigenvalue weighted by molar-refractivity contribution is -0.245. The number of hydrogen-bond donors (Lipinski definition) is 5. The van der Waals surface area contributed by atoms with Crippen molar-refractivity contribution in [1.82, 2.24) is 5.32 Å². The summed E-state index contributed by atoms with van der Waals surface area (Å²) in [4.78, 5) is 37.2. The molecule has 0 unspecified atom stereocenters. The van der Waals surface area contributed by atoms with Crippen LogP contribution in [0.3, 0.4) is 0 Å². The number of thioether (sulfide) groups is 1. The second kappa shape index (κ2) is 19.8. The molecule has 0 spiro atoms. The van der Waals surface area contributed by atoms with E-state index in [-0.39, 0.29) is 36.5 Å². The molecule has 1 aliphatic rings. The maximum Gasteiger partial charge on any atom is 0.224 e. The van der Waals surface area contributed by atoms with Gasteiger partial charge in [0.2, 0.25) is 17.7 Å². The Kier molecular flexibility index (Phi) is 14.7. The molecule has 274 valence electrons. The van der Waals surface area contributed by atoms with Gasteiger partial charge in [0.25, 0.3) is 0 Å². The van der Waals surface area contributed by atoms with Gasteiger partial charge in [0.05, 0.1) is 30.2 Å². The zero-order valence-corrected chi connectivity index (χ0v) is 30.3. The van der Waals surface area contributed by atoms with Crippen molar-refractivity contribution in [2.75, 3.05) is 22.1 Å². The molecule has 4 aromatic carbocycles. The first-order chi connectivity index (χ1) is 25.2. The number of rotatable bonds is 17. The lowest BCUT2D eigenvalue weighted by atomic mass is 10.0. The fourth-order valence-electron chi connectivity index (χ4n) is 5.88. The van der Waals surface area contributed by atoms with E-state index in [0.717, 1.165) is 58.5 Å². The predicted molar refractivity (Wildman–Crippen MR) is 205 cm³/mol. The van der Waals surface area contributed by atoms with Crippen LogP contribution in [0.2, 0.25) is 0 Å². The van der Waals surface area contributed by atoms with Crippen LogP contribution in [0.1, 0.15) is 86.5 Å². The average molecular weight is 725 g/mol. The van der Waals surface area contributed by atoms with Gasteiger partial charge in [0.1, 0.15) is 0 Å². The van der Waals surface area contributed by atoms with Gasteiger partial charge >= 0.3 is 0 Å². The molecule has 0 aromatic heterocycles. The Morgan fingerprint density at radius 1 is 0.769 bits per heavy atom. The molecule has 52 heavy (non-hydrogen) atoms. The van der Waals surface area contributed by atoms with E-state index in [2.05, 4.69) is 16.0 Å². The Balaban J connectivity index is 1.07. The van der Waals surface area contributed by atoms with E-state index in [0.29, 0.717) is 42.9 Å². The molecule has 1 heterocycles. The zero-order valence-electron chi connectivity index (χ0n) is 29.5. The quantitative estimate of drug-likeness (QED) is 0.0423. The third kappa shape index (κ3) is 12.2. The highest BCUT2D eigenvalue weighted by molar-refractivity contribution is 7.99. The van der Waals surface area contributed by atoms with Gasteiger partial charge in [-0.3, -0.25) is 14.4 Å². The van der Waals surface area contributed by atoms with Crippen LogP contribution in [-0.2, 0) is 37.0 Å². The van der Waals surface area contributed by atoms with Crippen molar-refractivity contribution < 1.29 is 29.0 Å². The number of carbonyl (C=O) groups excluding carboxylic acids is 3. The fourth-order valence-corrected chi connectivity index (χ4v) is 6.80. The number of amides is 3. The van der Waals surface area contributed by atoms with Gasteiger partial charge in [-0.25, -0.2) is 0 Å². The molecule has 1 saturated heterocycles. The number of hydrogen-bond acceptors (Lipinski definition) is 8. The van der Waals surface area contributed by atoms with Crippen molar-refractivity contribution >= 4 is 46.5 Å². The standard InChI is InChI=1S/C41H48N4O6S/c1-28(47)44-33-20-22-35(23-21-33)52-27-34-24-38(31-16-14-30(26-46)15-17-31)51-41(50-34)32-18-12-29(13-19-32)25-43-39(48)10-4-2-3-5-11-40(49)45-37-9-7-6-8-36(37)42/h6-9,12-23,34,38,41,46H,2-5,10-11,24-27,42H2,1H3,(H,43,48)(H,44,47)(H,45,49)/t34-,38+,41+/m1/s1. The number of para-hydroxylation sites is 2. The number of unbranched alkanes of at least 4 members (excludes halogenated alkanes) is 3. The molecule has 1 fully saturated rings. The van der Waals surface area contributed by atoms with Crippen LogP contribution >= 0.6 is 11.8 Å². The Labute approximate surface area is 309 Å². The van der Waals surface area contributed by atoms with Crippen LogP contribution in [0, 0.1) is 0 Å². The Morgan fingerprint density at radius 3 is 2.10 bits per heavy atom. The van der Waals surface area contributed by atoms with E-state index in [4.69, 9.17) is 15.2 Å². The molecule has 11 heteroatoms. The van der Waals surface area contributed by atoms with E-state index in [1.165, 1.54) is 6.92 Å². The van der Waals surface area contributed by atoms with Crippen molar-refractivity contribution in [3.8, 4) is 0 Å². The second-order valence-electron chi connectivity index (χ2n) is 12.9. The Bertz CT molecular complexity index is 1750. The summed E-state index contributed by atoms with van der Waals surface area (Å²) < 4.78 is 13.0. The van der Waals surface area contributed by atoms with Crippen LogP contribution in [-0.4, -0.2) is 34.7 Å². The minimum absolute atomic E-state index is 0.000440. The molecule has 1 aliphatic heterocycles. The number of aliphatic hydroxyl groups excluding tert-OH is 1. The van der Waals surface area contributed by atoms with Crippen LogP contribution in [0.5, 0.6) is 0 Å². The zero-order chi connectivity index (χ0) is 36.7. The van der Waals surface area contributed by atoms with E-state index in [1.54, 1.807) is 23.9 Å². The number of anilines is 3. The minimum Gasteiger partial charge on any atom is -0.397 e. The van der Waals surface area contributed by atoms with Gasteiger partial charge in [-0.2, -0.15) is 0 Å². The number of benzene rings is 4. The van der Waals surface area contributed by atoms with Crippen molar-refractivity contribution in [2.45, 2.75) is 88.4 Å². The summed E-state index contributed by atoms with van der Waals surface area (Å²) in [6, 6.07) is 30.7. The van der Waals surface area contributed by atoms with Gasteiger partial charge in [0, 0.05) is 54.6 Å². The highest BCUT2D eigenvalue weighted by Crippen LogP contribution is 2.39. The molecule has 0 radical (unpaired) electrons. The minimum atomic E-state index is -0.574. The summed E-state index contributed by atoms with van der Waals surface area (Å²) in [6.45, 7) is 1.90. The summed E-state index contributed by atoms with van der Waals surface area (Å²) in [5.41, 5.74) is 11.6. The normalized spacial score (nSPS) is 16.9. The monoisotopic (exact) mass is 724 g/mol. The maximum atomic E-state index is 12.5. The van der Waals surface area contributed by atoms with E-state index in [1.807, 2.05) is 84.9 Å². The molecule has 5 rings (SSSR count). The first-order valence-electron chi connectivity index (χ1n) is 17.8. The van der Waals surface area contributed by atoms with Crippen molar-refractivity contribution in [3.63, 3.8) is 0 Å². The molecule has 3 amide bonds. The first kappa shape index (κ1) is 38.5. The lowest BCUT2D eigenvalue weighted by Crippen LogP contribution is -2.31. The summed E-state index contributed by atoms with van der Waals surface area (Å²) in [5, 5.41) is 18.2. The maximum absolute atomic E-state index is 12.5. The highest BCUT2D eigenvalue weighted by atomic mass is 32.2. The fraction of sp³-hybridized carbons (Fsp3) is 0.341. The molecule has 0 aliphatic carbocycles. The van der Waals surface area contributed by atoms with Crippen LogP contribution in [0.25, 0.3) is 0 Å². The third-order valence-electron chi connectivity index (χ3n) is 8.76. The van der Waals surface area contributed by atoms with E-state index in [9.17, 15) is 19.5 Å². The number of ether oxygens (including phenoxy) is 2. The van der Waals surface area contributed by atoms with E-state index >= 15 is 0 Å². The lowest BCUT2D eigenvalue weighted by Gasteiger charge is -2.36. The van der Waals surface area contributed by atoms with Crippen LogP contribution < -0.4 is 21.7 Å². The average Bonchev–Trinajstić information content (AvgIpc) is 3.16. The predicted octanol–water partition coefficient (Wildman–Crippen LogP) is 7.65. The Hall–Kier alpha value is -4.68. The third-order valence-corrected chi connectivity index (χ3v) is 9.90. The smallest absolute Gasteiger partial charge is 0.224 e. The van der Waals surface area contributed by atoms with Crippen LogP contribution in [0.4, 0.5) is 17.1 Å². The van der Waals surface area contributed by atoms with Gasteiger partial charge in [-0.05, 0) is 65.9 Å². The van der Waals surface area contributed by atoms with E-state index < -0.39 is 6.29 Å². The summed E-state index contributed by atoms with van der Waals surface area (Å²) in [7, 11) is 0. The van der Waals surface area contributed by atoms with Gasteiger partial charge in [-0.15, -0.1) is 11.8 Å². The van der Waals surface area contributed by atoms with Crippen molar-refractivity contribution in [3.05, 3.63) is 119 Å². The molecular formula is C41H48N4O6S.